The zero-order chi connectivity index (χ0) is 13.8. The van der Waals surface area contributed by atoms with Crippen LogP contribution < -0.4 is 11.1 Å². The summed E-state index contributed by atoms with van der Waals surface area (Å²) in [7, 11) is 0. The largest absolute Gasteiger partial charge is 0.350 e. The minimum atomic E-state index is -0.123. The fourth-order valence-corrected chi connectivity index (χ4v) is 1.39. The van der Waals surface area contributed by atoms with Gasteiger partial charge in [0.25, 0.3) is 5.91 Å². The van der Waals surface area contributed by atoms with E-state index in [0.29, 0.717) is 31.2 Å². The molecule has 1 aromatic heterocycles. The van der Waals surface area contributed by atoms with Gasteiger partial charge in [0.15, 0.2) is 0 Å². The van der Waals surface area contributed by atoms with Crippen LogP contribution in [0.4, 0.5) is 0 Å². The summed E-state index contributed by atoms with van der Waals surface area (Å²) in [6.07, 6.45) is 3.36. The van der Waals surface area contributed by atoms with Crippen molar-refractivity contribution in [1.82, 2.24) is 14.9 Å². The topological polar surface area (TPSA) is 72.9 Å². The van der Waals surface area contributed by atoms with E-state index in [4.69, 9.17) is 5.73 Å². The van der Waals surface area contributed by atoms with Gasteiger partial charge in [-0.15, -0.1) is 0 Å². The van der Waals surface area contributed by atoms with Crippen molar-refractivity contribution in [3.8, 4) is 0 Å². The van der Waals surface area contributed by atoms with E-state index in [1.807, 2.05) is 4.57 Å². The summed E-state index contributed by atoms with van der Waals surface area (Å²) in [6.45, 7) is 10.5. The third-order valence-corrected chi connectivity index (χ3v) is 3.30. The van der Waals surface area contributed by atoms with Crippen LogP contribution in [-0.2, 0) is 6.54 Å². The number of nitrogens with zero attached hydrogens (tertiary/aromatic N) is 2. The molecule has 1 aromatic rings. The molecule has 0 aliphatic rings. The third kappa shape index (κ3) is 4.14. The van der Waals surface area contributed by atoms with Crippen LogP contribution in [0, 0.1) is 11.3 Å². The minimum Gasteiger partial charge on any atom is -0.350 e. The number of nitrogens with one attached hydrogen (secondary N) is 1. The zero-order valence-electron chi connectivity index (χ0n) is 11.7. The monoisotopic (exact) mass is 252 g/mol. The van der Waals surface area contributed by atoms with Gasteiger partial charge in [-0.2, -0.15) is 0 Å². The summed E-state index contributed by atoms with van der Waals surface area (Å²) in [5.41, 5.74) is 6.08. The van der Waals surface area contributed by atoms with E-state index < -0.39 is 0 Å². The number of carbonyl (C=O) groups is 1. The molecule has 0 saturated carbocycles. The SMILES string of the molecule is CC(CNC(=O)c1cn(CCN)cn1)C(C)(C)C. The Balaban J connectivity index is 2.50. The Morgan fingerprint density at radius 2 is 2.22 bits per heavy atom. The molecule has 0 aliphatic carbocycles. The molecule has 3 N–H and O–H groups in total. The number of amides is 1. The van der Waals surface area contributed by atoms with Crippen LogP contribution in [0.15, 0.2) is 12.5 Å². The van der Waals surface area contributed by atoms with Gasteiger partial charge < -0.3 is 15.6 Å². The lowest BCUT2D eigenvalue weighted by Crippen LogP contribution is -2.33. The molecule has 1 unspecified atom stereocenters. The summed E-state index contributed by atoms with van der Waals surface area (Å²) in [6, 6.07) is 0. The molecule has 1 heterocycles. The van der Waals surface area contributed by atoms with Gasteiger partial charge in [-0.25, -0.2) is 4.98 Å². The highest BCUT2D eigenvalue weighted by Crippen LogP contribution is 2.24. The van der Waals surface area contributed by atoms with Gasteiger partial charge in [0.2, 0.25) is 0 Å². The van der Waals surface area contributed by atoms with Crippen molar-refractivity contribution < 1.29 is 4.79 Å². The molecule has 1 atom stereocenters. The lowest BCUT2D eigenvalue weighted by molar-refractivity contribution is 0.0932. The fraction of sp³-hybridized carbons (Fsp3) is 0.692. The highest BCUT2D eigenvalue weighted by molar-refractivity contribution is 5.91. The standard InChI is InChI=1S/C13H24N4O/c1-10(13(2,3)4)7-15-12(18)11-8-17(6-5-14)9-16-11/h8-10H,5-7,14H2,1-4H3,(H,15,18). The van der Waals surface area contributed by atoms with E-state index in [2.05, 4.69) is 38.0 Å². The van der Waals surface area contributed by atoms with Gasteiger partial charge in [-0.1, -0.05) is 27.7 Å². The number of carbonyl (C=O) groups excluding carboxylic acids is 1. The van der Waals surface area contributed by atoms with Crippen molar-refractivity contribution >= 4 is 5.91 Å². The second kappa shape index (κ2) is 6.00. The summed E-state index contributed by atoms with van der Waals surface area (Å²) in [5, 5.41) is 2.91. The molecule has 5 heteroatoms. The summed E-state index contributed by atoms with van der Waals surface area (Å²) < 4.78 is 1.82. The van der Waals surface area contributed by atoms with Crippen molar-refractivity contribution in [2.24, 2.45) is 17.1 Å². The smallest absolute Gasteiger partial charge is 0.271 e. The predicted molar refractivity (Wildman–Crippen MR) is 72.2 cm³/mol. The first-order valence-corrected chi connectivity index (χ1v) is 6.34. The average Bonchev–Trinajstić information content (AvgIpc) is 2.73. The van der Waals surface area contributed by atoms with Crippen molar-refractivity contribution in [1.29, 1.82) is 0 Å². The highest BCUT2D eigenvalue weighted by atomic mass is 16.1. The van der Waals surface area contributed by atoms with Gasteiger partial charge >= 0.3 is 0 Å². The molecule has 0 spiro atoms. The Morgan fingerprint density at radius 3 is 2.78 bits per heavy atom. The summed E-state index contributed by atoms with van der Waals surface area (Å²) in [4.78, 5) is 15.9. The van der Waals surface area contributed by atoms with Crippen molar-refractivity contribution in [2.45, 2.75) is 34.2 Å². The van der Waals surface area contributed by atoms with Crippen LogP contribution in [0.3, 0.4) is 0 Å². The molecule has 0 radical (unpaired) electrons. The van der Waals surface area contributed by atoms with Crippen molar-refractivity contribution in [3.05, 3.63) is 18.2 Å². The number of hydrogen-bond acceptors (Lipinski definition) is 3. The van der Waals surface area contributed by atoms with Crippen molar-refractivity contribution in [2.75, 3.05) is 13.1 Å². The Labute approximate surface area is 109 Å². The maximum absolute atomic E-state index is 11.9. The molecule has 0 aromatic carbocycles. The Kier molecular flexibility index (Phi) is 4.90. The van der Waals surface area contributed by atoms with Gasteiger partial charge in [0.05, 0.1) is 6.33 Å². The van der Waals surface area contributed by atoms with E-state index >= 15 is 0 Å². The molecule has 0 bridgehead atoms. The molecule has 5 nitrogen and oxygen atoms in total. The normalized spacial score (nSPS) is 13.4. The molecule has 102 valence electrons. The van der Waals surface area contributed by atoms with Crippen molar-refractivity contribution in [3.63, 3.8) is 0 Å². The maximum Gasteiger partial charge on any atom is 0.271 e. The zero-order valence-corrected chi connectivity index (χ0v) is 11.7. The van der Waals surface area contributed by atoms with E-state index in [-0.39, 0.29) is 11.3 Å². The first kappa shape index (κ1) is 14.7. The van der Waals surface area contributed by atoms with Crippen LogP contribution in [0.25, 0.3) is 0 Å². The molecule has 18 heavy (non-hydrogen) atoms. The lowest BCUT2D eigenvalue weighted by atomic mass is 9.82. The van der Waals surface area contributed by atoms with Gasteiger partial charge in [0, 0.05) is 25.8 Å². The van der Waals surface area contributed by atoms with Gasteiger partial charge in [-0.05, 0) is 11.3 Å². The molecular weight excluding hydrogens is 228 g/mol. The average molecular weight is 252 g/mol. The number of aromatic nitrogens is 2. The van der Waals surface area contributed by atoms with E-state index in [1.54, 1.807) is 12.5 Å². The Morgan fingerprint density at radius 1 is 1.56 bits per heavy atom. The summed E-state index contributed by atoms with van der Waals surface area (Å²) in [5.74, 6) is 0.287. The van der Waals surface area contributed by atoms with E-state index in [0.717, 1.165) is 0 Å². The molecule has 1 amide bonds. The lowest BCUT2D eigenvalue weighted by Gasteiger charge is -2.27. The minimum absolute atomic E-state index is 0.123. The van der Waals surface area contributed by atoms with Crippen LogP contribution in [0.1, 0.15) is 38.2 Å². The maximum atomic E-state index is 11.9. The predicted octanol–water partition coefficient (Wildman–Crippen LogP) is 1.25. The quantitative estimate of drug-likeness (QED) is 0.828. The number of rotatable bonds is 5. The van der Waals surface area contributed by atoms with E-state index in [1.165, 1.54) is 0 Å². The molecule has 0 saturated heterocycles. The fourth-order valence-electron chi connectivity index (χ4n) is 1.39. The van der Waals surface area contributed by atoms with Gasteiger partial charge in [-0.3, -0.25) is 4.79 Å². The van der Waals surface area contributed by atoms with Gasteiger partial charge in [0.1, 0.15) is 5.69 Å². The van der Waals surface area contributed by atoms with E-state index in [9.17, 15) is 4.79 Å². The number of imidazole rings is 1. The Hall–Kier alpha value is -1.36. The second-order valence-corrected chi connectivity index (χ2v) is 5.76. The third-order valence-electron chi connectivity index (χ3n) is 3.30. The second-order valence-electron chi connectivity index (χ2n) is 5.76. The highest BCUT2D eigenvalue weighted by Gasteiger charge is 2.20. The first-order chi connectivity index (χ1) is 8.34. The summed E-state index contributed by atoms with van der Waals surface area (Å²) >= 11 is 0. The number of hydrogen-bond donors (Lipinski definition) is 2. The first-order valence-electron chi connectivity index (χ1n) is 6.34. The van der Waals surface area contributed by atoms with Crippen LogP contribution in [0.2, 0.25) is 0 Å². The van der Waals surface area contributed by atoms with Crippen LogP contribution in [0.5, 0.6) is 0 Å². The Bertz CT molecular complexity index is 392. The molecule has 1 rings (SSSR count). The molecule has 0 fully saturated rings. The molecule has 0 aliphatic heterocycles. The van der Waals surface area contributed by atoms with Crippen LogP contribution in [-0.4, -0.2) is 28.5 Å². The number of nitrogens with two attached hydrogens (primary N) is 1. The molecular formula is C13H24N4O. The van der Waals surface area contributed by atoms with Crippen LogP contribution >= 0.6 is 0 Å².